The van der Waals surface area contributed by atoms with Crippen molar-refractivity contribution in [2.75, 3.05) is 26.4 Å². The Balaban J connectivity index is 1.52. The fourth-order valence-electron chi connectivity index (χ4n) is 2.35. The molecule has 1 unspecified atom stereocenters. The van der Waals surface area contributed by atoms with Crippen LogP contribution in [0.5, 0.6) is 0 Å². The lowest BCUT2D eigenvalue weighted by molar-refractivity contribution is -0.139. The van der Waals surface area contributed by atoms with E-state index in [1.807, 2.05) is 0 Å². The predicted molar refractivity (Wildman–Crippen MR) is 67.2 cm³/mol. The zero-order chi connectivity index (χ0) is 12.8. The highest BCUT2D eigenvalue weighted by Gasteiger charge is 2.25. The monoisotopic (exact) mass is 254 g/mol. The molecule has 2 aliphatic rings. The summed E-state index contributed by atoms with van der Waals surface area (Å²) in [6.07, 6.45) is 6.17. The molecule has 4 nitrogen and oxygen atoms in total. The summed E-state index contributed by atoms with van der Waals surface area (Å²) in [5.74, 6) is 0.858. The first kappa shape index (κ1) is 13.6. The van der Waals surface area contributed by atoms with Gasteiger partial charge >= 0.3 is 5.97 Å². The van der Waals surface area contributed by atoms with Gasteiger partial charge in [-0.05, 0) is 37.5 Å². The second-order valence-electron chi connectivity index (χ2n) is 5.21. The topological polar surface area (TPSA) is 48.1 Å². The number of hydrogen-bond acceptors (Lipinski definition) is 4. The Labute approximate surface area is 108 Å². The van der Waals surface area contributed by atoms with E-state index in [0.717, 1.165) is 32.7 Å². The van der Waals surface area contributed by atoms with E-state index in [2.05, 4.69) is 6.58 Å². The van der Waals surface area contributed by atoms with Crippen LogP contribution >= 0.6 is 0 Å². The van der Waals surface area contributed by atoms with Crippen LogP contribution in [0.4, 0.5) is 0 Å². The molecule has 1 atom stereocenters. The number of ether oxygens (including phenoxy) is 3. The summed E-state index contributed by atoms with van der Waals surface area (Å²) in [7, 11) is 0. The van der Waals surface area contributed by atoms with Crippen LogP contribution in [0.2, 0.25) is 0 Å². The summed E-state index contributed by atoms with van der Waals surface area (Å²) in [6.45, 7) is 6.38. The molecule has 0 aromatic rings. The zero-order valence-corrected chi connectivity index (χ0v) is 10.8. The molecule has 102 valence electrons. The molecule has 0 spiro atoms. The molecular formula is C14H22O4. The van der Waals surface area contributed by atoms with E-state index in [1.165, 1.54) is 18.9 Å². The molecule has 0 bridgehead atoms. The molecule has 4 heteroatoms. The highest BCUT2D eigenvalue weighted by molar-refractivity contribution is 5.81. The number of carbonyl (C=O) groups is 1. The maximum absolute atomic E-state index is 11.0. The Morgan fingerprint density at radius 2 is 1.78 bits per heavy atom. The fraction of sp³-hybridized carbons (Fsp3) is 0.786. The van der Waals surface area contributed by atoms with E-state index in [9.17, 15) is 4.79 Å². The summed E-state index contributed by atoms with van der Waals surface area (Å²) in [5.41, 5.74) is 0. The molecule has 0 N–H and O–H groups in total. The Kier molecular flexibility index (Phi) is 5.20. The summed E-state index contributed by atoms with van der Waals surface area (Å²) in [4.78, 5) is 11.0. The largest absolute Gasteiger partial charge is 0.462 e. The van der Waals surface area contributed by atoms with Gasteiger partial charge in [0.2, 0.25) is 0 Å². The third-order valence-electron chi connectivity index (χ3n) is 3.65. The van der Waals surface area contributed by atoms with Crippen LogP contribution in [-0.4, -0.2) is 38.5 Å². The molecule has 0 radical (unpaired) electrons. The lowest BCUT2D eigenvalue weighted by atomic mass is 9.83. The van der Waals surface area contributed by atoms with Crippen molar-refractivity contribution < 1.29 is 19.0 Å². The number of epoxide rings is 1. The van der Waals surface area contributed by atoms with Crippen molar-refractivity contribution in [3.05, 3.63) is 12.7 Å². The minimum absolute atomic E-state index is 0.315. The van der Waals surface area contributed by atoms with E-state index >= 15 is 0 Å². The second-order valence-corrected chi connectivity index (χ2v) is 5.21. The Morgan fingerprint density at radius 3 is 2.33 bits per heavy atom. The number of rotatable bonds is 7. The minimum atomic E-state index is -0.315. The van der Waals surface area contributed by atoms with Crippen molar-refractivity contribution in [3.63, 3.8) is 0 Å². The van der Waals surface area contributed by atoms with Gasteiger partial charge in [0.1, 0.15) is 6.10 Å². The van der Waals surface area contributed by atoms with Gasteiger partial charge < -0.3 is 14.2 Å². The Morgan fingerprint density at radius 1 is 1.17 bits per heavy atom. The minimum Gasteiger partial charge on any atom is -0.462 e. The van der Waals surface area contributed by atoms with Crippen LogP contribution < -0.4 is 0 Å². The molecular weight excluding hydrogens is 232 g/mol. The smallest absolute Gasteiger partial charge is 0.330 e. The Hall–Kier alpha value is -0.870. The van der Waals surface area contributed by atoms with Crippen LogP contribution in [0.25, 0.3) is 0 Å². The normalized spacial score (nSPS) is 30.8. The maximum Gasteiger partial charge on any atom is 0.330 e. The molecule has 1 aliphatic carbocycles. The van der Waals surface area contributed by atoms with Gasteiger partial charge in [0.05, 0.1) is 19.8 Å². The first-order chi connectivity index (χ1) is 8.78. The van der Waals surface area contributed by atoms with Crippen LogP contribution in [-0.2, 0) is 19.0 Å². The van der Waals surface area contributed by atoms with E-state index < -0.39 is 0 Å². The van der Waals surface area contributed by atoms with Gasteiger partial charge in [0.25, 0.3) is 0 Å². The average molecular weight is 254 g/mol. The lowest BCUT2D eigenvalue weighted by Crippen LogP contribution is -2.23. The first-order valence-electron chi connectivity index (χ1n) is 6.76. The average Bonchev–Trinajstić information content (AvgIpc) is 3.21. The van der Waals surface area contributed by atoms with Crippen LogP contribution in [0.15, 0.2) is 12.7 Å². The summed E-state index contributed by atoms with van der Waals surface area (Å²) in [5, 5.41) is 0. The molecule has 0 aromatic heterocycles. The molecule has 18 heavy (non-hydrogen) atoms. The first-order valence-corrected chi connectivity index (χ1v) is 6.76. The van der Waals surface area contributed by atoms with Crippen molar-refractivity contribution in [1.29, 1.82) is 0 Å². The highest BCUT2D eigenvalue weighted by atomic mass is 16.6. The van der Waals surface area contributed by atoms with Gasteiger partial charge in [-0.3, -0.25) is 0 Å². The number of hydrogen-bond donors (Lipinski definition) is 0. The quantitative estimate of drug-likeness (QED) is 0.396. The molecule has 2 fully saturated rings. The van der Waals surface area contributed by atoms with Gasteiger partial charge in [-0.15, -0.1) is 0 Å². The molecule has 0 amide bonds. The van der Waals surface area contributed by atoms with E-state index in [-0.39, 0.29) is 5.97 Å². The lowest BCUT2D eigenvalue weighted by Gasteiger charge is -2.27. The Bertz CT molecular complexity index is 278. The molecule has 1 saturated heterocycles. The van der Waals surface area contributed by atoms with Crippen molar-refractivity contribution in [3.8, 4) is 0 Å². The van der Waals surface area contributed by atoms with Gasteiger partial charge in [0.15, 0.2) is 0 Å². The third kappa shape index (κ3) is 4.78. The summed E-state index contributed by atoms with van der Waals surface area (Å²) < 4.78 is 15.8. The molecule has 1 heterocycles. The molecule has 2 rings (SSSR count). The summed E-state index contributed by atoms with van der Waals surface area (Å²) in [6, 6.07) is 0. The van der Waals surface area contributed by atoms with Crippen LogP contribution in [0.3, 0.4) is 0 Å². The van der Waals surface area contributed by atoms with Crippen molar-refractivity contribution in [1.82, 2.24) is 0 Å². The SMILES string of the molecule is C=CC(=O)OCC1CCC(COCC2CO2)CC1. The van der Waals surface area contributed by atoms with Gasteiger partial charge in [-0.25, -0.2) is 4.79 Å². The third-order valence-corrected chi connectivity index (χ3v) is 3.65. The number of carbonyl (C=O) groups excluding carboxylic acids is 1. The molecule has 1 saturated carbocycles. The zero-order valence-electron chi connectivity index (χ0n) is 10.8. The highest BCUT2D eigenvalue weighted by Crippen LogP contribution is 2.29. The van der Waals surface area contributed by atoms with Crippen molar-refractivity contribution in [2.45, 2.75) is 31.8 Å². The van der Waals surface area contributed by atoms with Crippen LogP contribution in [0, 0.1) is 11.8 Å². The van der Waals surface area contributed by atoms with Gasteiger partial charge in [0, 0.05) is 12.7 Å². The van der Waals surface area contributed by atoms with Gasteiger partial charge in [-0.2, -0.15) is 0 Å². The van der Waals surface area contributed by atoms with Gasteiger partial charge in [-0.1, -0.05) is 6.58 Å². The maximum atomic E-state index is 11.0. The number of esters is 1. The molecule has 0 aromatic carbocycles. The van der Waals surface area contributed by atoms with Crippen LogP contribution in [0.1, 0.15) is 25.7 Å². The van der Waals surface area contributed by atoms with E-state index in [0.29, 0.717) is 24.5 Å². The van der Waals surface area contributed by atoms with E-state index in [1.54, 1.807) is 0 Å². The van der Waals surface area contributed by atoms with E-state index in [4.69, 9.17) is 14.2 Å². The molecule has 1 aliphatic heterocycles. The predicted octanol–water partition coefficient (Wildman–Crippen LogP) is 1.94. The van der Waals surface area contributed by atoms with Crippen molar-refractivity contribution in [2.24, 2.45) is 11.8 Å². The fourth-order valence-corrected chi connectivity index (χ4v) is 2.35. The standard InChI is InChI=1S/C14H22O4/c1-2-14(15)18-8-12-5-3-11(4-6-12)7-16-9-13-10-17-13/h2,11-13H,1,3-10H2. The second kappa shape index (κ2) is 6.90. The summed E-state index contributed by atoms with van der Waals surface area (Å²) >= 11 is 0. The van der Waals surface area contributed by atoms with Crippen molar-refractivity contribution >= 4 is 5.97 Å².